The molecule has 0 radical (unpaired) electrons. The summed E-state index contributed by atoms with van der Waals surface area (Å²) < 4.78 is 6.14. The lowest BCUT2D eigenvalue weighted by atomic mass is 10.1. The number of hydrogen-bond acceptors (Lipinski definition) is 3. The molecule has 0 aliphatic carbocycles. The highest BCUT2D eigenvalue weighted by atomic mass is 79.9. The van der Waals surface area contributed by atoms with Gasteiger partial charge in [-0.15, -0.1) is 11.3 Å². The van der Waals surface area contributed by atoms with Gasteiger partial charge in [0.25, 0.3) is 0 Å². The molecule has 0 saturated heterocycles. The van der Waals surface area contributed by atoms with Crippen molar-refractivity contribution in [3.63, 3.8) is 0 Å². The van der Waals surface area contributed by atoms with Crippen LogP contribution < -0.4 is 5.73 Å². The first-order valence-electron chi connectivity index (χ1n) is 4.33. The van der Waals surface area contributed by atoms with Crippen molar-refractivity contribution in [2.75, 3.05) is 0 Å². The Morgan fingerprint density at radius 1 is 1.53 bits per heavy atom. The molecule has 2 nitrogen and oxygen atoms in total. The Bertz CT molecular complexity index is 460. The number of rotatable bonds is 2. The Labute approximate surface area is 105 Å². The Morgan fingerprint density at radius 2 is 2.27 bits per heavy atom. The Hall–Kier alpha value is -0.290. The van der Waals surface area contributed by atoms with E-state index in [0.29, 0.717) is 5.02 Å². The molecule has 0 saturated carbocycles. The van der Waals surface area contributed by atoms with Crippen LogP contribution >= 0.6 is 38.9 Å². The molecular weight excluding hydrogens is 298 g/mol. The van der Waals surface area contributed by atoms with Crippen LogP contribution in [0.25, 0.3) is 0 Å². The Balaban J connectivity index is 2.31. The van der Waals surface area contributed by atoms with Gasteiger partial charge < -0.3 is 10.2 Å². The molecule has 2 rings (SSSR count). The molecule has 2 aromatic rings. The second-order valence-electron chi connectivity index (χ2n) is 3.24. The van der Waals surface area contributed by atoms with E-state index in [0.717, 1.165) is 20.0 Å². The second kappa shape index (κ2) is 4.29. The fourth-order valence-electron chi connectivity index (χ4n) is 1.31. The minimum atomic E-state index is -0.170. The van der Waals surface area contributed by atoms with E-state index >= 15 is 0 Å². The zero-order valence-electron chi connectivity index (χ0n) is 7.96. The van der Waals surface area contributed by atoms with Gasteiger partial charge in [0.2, 0.25) is 0 Å². The predicted molar refractivity (Wildman–Crippen MR) is 66.5 cm³/mol. The van der Waals surface area contributed by atoms with Gasteiger partial charge in [0.1, 0.15) is 5.76 Å². The zero-order valence-corrected chi connectivity index (χ0v) is 11.1. The first kappa shape index (κ1) is 11.2. The lowest BCUT2D eigenvalue weighted by molar-refractivity contribution is 0.530. The monoisotopic (exact) mass is 305 g/mol. The van der Waals surface area contributed by atoms with Gasteiger partial charge in [-0.05, 0) is 35.0 Å². The molecule has 1 unspecified atom stereocenters. The van der Waals surface area contributed by atoms with Gasteiger partial charge in [0.05, 0.1) is 21.1 Å². The van der Waals surface area contributed by atoms with Crippen LogP contribution in [-0.4, -0.2) is 0 Å². The largest absolute Gasteiger partial charge is 0.469 e. The molecule has 2 N–H and O–H groups in total. The SMILES string of the molecule is Cc1cc(C(N)c2cc(Cl)c(Br)s2)co1. The van der Waals surface area contributed by atoms with E-state index in [-0.39, 0.29) is 6.04 Å². The minimum absolute atomic E-state index is 0.170. The molecule has 0 aromatic carbocycles. The van der Waals surface area contributed by atoms with Crippen molar-refractivity contribution in [2.24, 2.45) is 5.73 Å². The molecule has 5 heteroatoms. The van der Waals surface area contributed by atoms with Crippen molar-refractivity contribution >= 4 is 38.9 Å². The molecule has 1 atom stereocenters. The number of hydrogen-bond donors (Lipinski definition) is 1. The summed E-state index contributed by atoms with van der Waals surface area (Å²) in [5.41, 5.74) is 7.05. The van der Waals surface area contributed by atoms with Crippen LogP contribution in [-0.2, 0) is 0 Å². The molecule has 80 valence electrons. The zero-order chi connectivity index (χ0) is 11.0. The van der Waals surface area contributed by atoms with E-state index in [9.17, 15) is 0 Å². The average Bonchev–Trinajstić information content (AvgIpc) is 2.74. The molecule has 0 amide bonds. The summed E-state index contributed by atoms with van der Waals surface area (Å²) in [6.07, 6.45) is 1.68. The van der Waals surface area contributed by atoms with Gasteiger partial charge >= 0.3 is 0 Å². The van der Waals surface area contributed by atoms with Crippen LogP contribution in [0.3, 0.4) is 0 Å². The van der Waals surface area contributed by atoms with E-state index in [1.54, 1.807) is 17.6 Å². The first-order chi connectivity index (χ1) is 7.08. The highest BCUT2D eigenvalue weighted by molar-refractivity contribution is 9.11. The smallest absolute Gasteiger partial charge is 0.101 e. The minimum Gasteiger partial charge on any atom is -0.469 e. The van der Waals surface area contributed by atoms with Crippen molar-refractivity contribution in [1.82, 2.24) is 0 Å². The third-order valence-corrected chi connectivity index (χ3v) is 4.64. The standard InChI is InChI=1S/C10H9BrClNOS/c1-5-2-6(4-14-5)9(13)8-3-7(12)10(11)15-8/h2-4,9H,13H2,1H3. The van der Waals surface area contributed by atoms with E-state index < -0.39 is 0 Å². The highest BCUT2D eigenvalue weighted by Gasteiger charge is 2.15. The van der Waals surface area contributed by atoms with Gasteiger partial charge in [-0.1, -0.05) is 11.6 Å². The predicted octanol–water partition coefficient (Wildman–Crippen LogP) is 4.11. The fraction of sp³-hybridized carbons (Fsp3) is 0.200. The summed E-state index contributed by atoms with van der Waals surface area (Å²) >= 11 is 10.9. The highest BCUT2D eigenvalue weighted by Crippen LogP contribution is 2.36. The molecule has 2 aromatic heterocycles. The molecule has 0 fully saturated rings. The maximum atomic E-state index is 6.08. The summed E-state index contributed by atoms with van der Waals surface area (Å²) in [7, 11) is 0. The average molecular weight is 307 g/mol. The van der Waals surface area contributed by atoms with Gasteiger partial charge in [-0.2, -0.15) is 0 Å². The van der Waals surface area contributed by atoms with E-state index in [2.05, 4.69) is 15.9 Å². The van der Waals surface area contributed by atoms with Crippen LogP contribution in [0.4, 0.5) is 0 Å². The first-order valence-corrected chi connectivity index (χ1v) is 6.32. The fourth-order valence-corrected chi connectivity index (χ4v) is 3.08. The lowest BCUT2D eigenvalue weighted by Gasteiger charge is -2.04. The molecule has 2 heterocycles. The van der Waals surface area contributed by atoms with Crippen LogP contribution in [0.2, 0.25) is 5.02 Å². The normalized spacial score (nSPS) is 13.1. The van der Waals surface area contributed by atoms with Crippen molar-refractivity contribution in [2.45, 2.75) is 13.0 Å². The summed E-state index contributed by atoms with van der Waals surface area (Å²) in [5.74, 6) is 0.863. The van der Waals surface area contributed by atoms with Crippen molar-refractivity contribution in [1.29, 1.82) is 0 Å². The maximum Gasteiger partial charge on any atom is 0.101 e. The van der Waals surface area contributed by atoms with Crippen LogP contribution in [0.1, 0.15) is 22.2 Å². The van der Waals surface area contributed by atoms with Crippen LogP contribution in [0, 0.1) is 6.92 Å². The van der Waals surface area contributed by atoms with Gasteiger partial charge in [0.15, 0.2) is 0 Å². The summed E-state index contributed by atoms with van der Waals surface area (Å²) in [6, 6.07) is 3.64. The molecule has 0 aliphatic rings. The van der Waals surface area contributed by atoms with Crippen molar-refractivity contribution < 1.29 is 4.42 Å². The van der Waals surface area contributed by atoms with E-state index in [1.807, 2.05) is 19.1 Å². The number of halogens is 2. The van der Waals surface area contributed by atoms with Gasteiger partial charge in [-0.25, -0.2) is 0 Å². The number of thiophene rings is 1. The lowest BCUT2D eigenvalue weighted by Crippen LogP contribution is -2.08. The van der Waals surface area contributed by atoms with Crippen LogP contribution in [0.5, 0.6) is 0 Å². The third kappa shape index (κ3) is 2.28. The Morgan fingerprint density at radius 3 is 2.73 bits per heavy atom. The van der Waals surface area contributed by atoms with Crippen molar-refractivity contribution in [3.8, 4) is 0 Å². The quantitative estimate of drug-likeness (QED) is 0.906. The second-order valence-corrected chi connectivity index (χ2v) is 6.05. The summed E-state index contributed by atoms with van der Waals surface area (Å²) in [6.45, 7) is 1.90. The molecule has 0 aliphatic heterocycles. The van der Waals surface area contributed by atoms with Crippen molar-refractivity contribution in [3.05, 3.63) is 43.4 Å². The third-order valence-electron chi connectivity index (χ3n) is 2.08. The van der Waals surface area contributed by atoms with E-state index in [4.69, 9.17) is 21.8 Å². The molecule has 15 heavy (non-hydrogen) atoms. The summed E-state index contributed by atoms with van der Waals surface area (Å²) in [5, 5.41) is 0.700. The molecular formula is C10H9BrClNOS. The van der Waals surface area contributed by atoms with Gasteiger partial charge in [0, 0.05) is 10.4 Å². The number of aryl methyl sites for hydroxylation is 1. The molecule has 0 spiro atoms. The maximum absolute atomic E-state index is 6.08. The Kier molecular flexibility index (Phi) is 3.21. The van der Waals surface area contributed by atoms with Gasteiger partial charge in [-0.3, -0.25) is 0 Å². The topological polar surface area (TPSA) is 39.2 Å². The van der Waals surface area contributed by atoms with E-state index in [1.165, 1.54) is 0 Å². The number of nitrogens with two attached hydrogens (primary N) is 1. The number of furan rings is 1. The molecule has 0 bridgehead atoms. The van der Waals surface area contributed by atoms with Crippen LogP contribution in [0.15, 0.2) is 26.6 Å². The summed E-state index contributed by atoms with van der Waals surface area (Å²) in [4.78, 5) is 1.02.